The Morgan fingerprint density at radius 3 is 2.55 bits per heavy atom. The Hall–Kier alpha value is -3.42. The summed E-state index contributed by atoms with van der Waals surface area (Å²) in [5.41, 5.74) is 3.25. The van der Waals surface area contributed by atoms with Gasteiger partial charge in [0.05, 0.1) is 5.56 Å². The highest BCUT2D eigenvalue weighted by atomic mass is 16.2. The van der Waals surface area contributed by atoms with Gasteiger partial charge in [-0.3, -0.25) is 9.78 Å². The van der Waals surface area contributed by atoms with Gasteiger partial charge in [0.1, 0.15) is 11.6 Å². The van der Waals surface area contributed by atoms with Crippen molar-refractivity contribution in [1.29, 1.82) is 0 Å². The normalized spacial score (nSPS) is 16.1. The molecule has 1 amide bonds. The van der Waals surface area contributed by atoms with E-state index in [0.717, 1.165) is 29.3 Å². The Bertz CT molecular complexity index is 1020. The smallest absolute Gasteiger partial charge is 0.255 e. The van der Waals surface area contributed by atoms with Gasteiger partial charge in [-0.1, -0.05) is 0 Å². The number of anilines is 2. The molecule has 0 saturated carbocycles. The standard InChI is InChI=1S/C21H23N7O/c1-13-9-14(2)25-21(24-13)27-18-10-15(3)23-19(26-18)17-6-8-28(12-17)20(29)16-5-4-7-22-11-16/h4-5,7,9-11,17H,6,8,12H2,1-3H3,(H,23,24,25,26,27)/t17-/m0/s1. The monoisotopic (exact) mass is 389 g/mol. The molecule has 1 aliphatic heterocycles. The van der Waals surface area contributed by atoms with Crippen molar-refractivity contribution >= 4 is 17.7 Å². The molecule has 1 saturated heterocycles. The molecule has 0 bridgehead atoms. The van der Waals surface area contributed by atoms with Crippen molar-refractivity contribution in [3.63, 3.8) is 0 Å². The number of aryl methyl sites for hydroxylation is 3. The lowest BCUT2D eigenvalue weighted by molar-refractivity contribution is 0.0790. The number of pyridine rings is 1. The van der Waals surface area contributed by atoms with Crippen LogP contribution in [0.1, 0.15) is 45.6 Å². The van der Waals surface area contributed by atoms with Crippen LogP contribution in [0.5, 0.6) is 0 Å². The molecule has 0 aromatic carbocycles. The summed E-state index contributed by atoms with van der Waals surface area (Å²) in [7, 11) is 0. The fraction of sp³-hybridized carbons (Fsp3) is 0.333. The van der Waals surface area contributed by atoms with E-state index in [4.69, 9.17) is 0 Å². The highest BCUT2D eigenvalue weighted by Crippen LogP contribution is 2.27. The van der Waals surface area contributed by atoms with E-state index in [9.17, 15) is 4.79 Å². The van der Waals surface area contributed by atoms with E-state index in [1.54, 1.807) is 24.5 Å². The lowest BCUT2D eigenvalue weighted by Crippen LogP contribution is -2.28. The van der Waals surface area contributed by atoms with Crippen molar-refractivity contribution < 1.29 is 4.79 Å². The van der Waals surface area contributed by atoms with Gasteiger partial charge in [-0.25, -0.2) is 19.9 Å². The molecular formula is C21H23N7O. The van der Waals surface area contributed by atoms with Gasteiger partial charge in [-0.05, 0) is 45.4 Å². The summed E-state index contributed by atoms with van der Waals surface area (Å²) < 4.78 is 0. The third-order valence-electron chi connectivity index (χ3n) is 4.84. The van der Waals surface area contributed by atoms with E-state index in [1.807, 2.05) is 37.8 Å². The fourth-order valence-electron chi connectivity index (χ4n) is 3.56. The minimum atomic E-state index is -0.00441. The van der Waals surface area contributed by atoms with E-state index in [1.165, 1.54) is 0 Å². The number of amides is 1. The number of carbonyl (C=O) groups excluding carboxylic acids is 1. The lowest BCUT2D eigenvalue weighted by atomic mass is 10.1. The maximum absolute atomic E-state index is 12.7. The van der Waals surface area contributed by atoms with Crippen molar-refractivity contribution in [2.45, 2.75) is 33.1 Å². The van der Waals surface area contributed by atoms with Crippen LogP contribution in [0.25, 0.3) is 0 Å². The fourth-order valence-corrected chi connectivity index (χ4v) is 3.56. The predicted octanol–water partition coefficient (Wildman–Crippen LogP) is 2.96. The van der Waals surface area contributed by atoms with Gasteiger partial charge >= 0.3 is 0 Å². The number of hydrogen-bond donors (Lipinski definition) is 1. The predicted molar refractivity (Wildman–Crippen MR) is 109 cm³/mol. The van der Waals surface area contributed by atoms with E-state index in [0.29, 0.717) is 30.4 Å². The maximum Gasteiger partial charge on any atom is 0.255 e. The molecule has 29 heavy (non-hydrogen) atoms. The van der Waals surface area contributed by atoms with Crippen molar-refractivity contribution in [3.05, 3.63) is 65.1 Å². The first kappa shape index (κ1) is 18.9. The summed E-state index contributed by atoms with van der Waals surface area (Å²) in [4.78, 5) is 36.7. The summed E-state index contributed by atoms with van der Waals surface area (Å²) in [6.45, 7) is 7.08. The van der Waals surface area contributed by atoms with Gasteiger partial charge in [0.2, 0.25) is 5.95 Å². The highest BCUT2D eigenvalue weighted by Gasteiger charge is 2.30. The molecule has 0 unspecified atom stereocenters. The largest absolute Gasteiger partial charge is 0.338 e. The number of rotatable bonds is 4. The van der Waals surface area contributed by atoms with E-state index < -0.39 is 0 Å². The maximum atomic E-state index is 12.7. The third kappa shape index (κ3) is 4.37. The molecule has 4 heterocycles. The summed E-state index contributed by atoms with van der Waals surface area (Å²) in [5, 5.41) is 3.19. The number of nitrogens with one attached hydrogen (secondary N) is 1. The van der Waals surface area contributed by atoms with Gasteiger partial charge in [0.15, 0.2) is 0 Å². The van der Waals surface area contributed by atoms with Gasteiger partial charge < -0.3 is 10.2 Å². The van der Waals surface area contributed by atoms with E-state index in [-0.39, 0.29) is 11.8 Å². The minimum absolute atomic E-state index is 0.00441. The molecule has 148 valence electrons. The average Bonchev–Trinajstić information content (AvgIpc) is 3.17. The van der Waals surface area contributed by atoms with Crippen LogP contribution in [0, 0.1) is 20.8 Å². The van der Waals surface area contributed by atoms with Crippen molar-refractivity contribution in [2.24, 2.45) is 0 Å². The van der Waals surface area contributed by atoms with Crippen LogP contribution >= 0.6 is 0 Å². The van der Waals surface area contributed by atoms with Crippen molar-refractivity contribution in [3.8, 4) is 0 Å². The van der Waals surface area contributed by atoms with Gasteiger partial charge in [-0.2, -0.15) is 0 Å². The highest BCUT2D eigenvalue weighted by molar-refractivity contribution is 5.94. The quantitative estimate of drug-likeness (QED) is 0.733. The zero-order valence-electron chi connectivity index (χ0n) is 16.8. The minimum Gasteiger partial charge on any atom is -0.338 e. The van der Waals surface area contributed by atoms with Crippen LogP contribution in [0.2, 0.25) is 0 Å². The molecule has 8 heteroatoms. The van der Waals surface area contributed by atoms with E-state index in [2.05, 4.69) is 30.2 Å². The molecule has 8 nitrogen and oxygen atoms in total. The first-order valence-corrected chi connectivity index (χ1v) is 9.62. The van der Waals surface area contributed by atoms with Crippen LogP contribution in [0.15, 0.2) is 36.7 Å². The SMILES string of the molecule is Cc1cc(C)nc(Nc2cc(C)nc([C@H]3CCN(C(=O)c4cccnc4)C3)n2)n1. The summed E-state index contributed by atoms with van der Waals surface area (Å²) in [6, 6.07) is 7.36. The molecule has 0 aliphatic carbocycles. The van der Waals surface area contributed by atoms with Crippen LogP contribution in [0.3, 0.4) is 0 Å². The molecule has 0 spiro atoms. The van der Waals surface area contributed by atoms with Crippen LogP contribution in [-0.2, 0) is 0 Å². The summed E-state index contributed by atoms with van der Waals surface area (Å²) in [5.74, 6) is 2.01. The zero-order chi connectivity index (χ0) is 20.4. The molecular weight excluding hydrogens is 366 g/mol. The topological polar surface area (TPSA) is 96.8 Å². The molecule has 0 radical (unpaired) electrons. The zero-order valence-corrected chi connectivity index (χ0v) is 16.8. The molecule has 1 atom stereocenters. The second-order valence-electron chi connectivity index (χ2n) is 7.33. The Morgan fingerprint density at radius 2 is 1.83 bits per heavy atom. The Balaban J connectivity index is 1.51. The second kappa shape index (κ2) is 7.90. The molecule has 1 fully saturated rings. The number of nitrogens with zero attached hydrogens (tertiary/aromatic N) is 6. The Kier molecular flexibility index (Phi) is 5.16. The first-order valence-electron chi connectivity index (χ1n) is 9.62. The number of carbonyl (C=O) groups is 1. The Labute approximate surface area is 169 Å². The molecule has 3 aromatic heterocycles. The Morgan fingerprint density at radius 1 is 1.07 bits per heavy atom. The summed E-state index contributed by atoms with van der Waals surface area (Å²) in [6.07, 6.45) is 4.09. The van der Waals surface area contributed by atoms with E-state index >= 15 is 0 Å². The van der Waals surface area contributed by atoms with Crippen LogP contribution < -0.4 is 5.32 Å². The van der Waals surface area contributed by atoms with Gasteiger partial charge in [0.25, 0.3) is 5.91 Å². The number of likely N-dealkylation sites (tertiary alicyclic amines) is 1. The number of hydrogen-bond acceptors (Lipinski definition) is 7. The van der Waals surface area contributed by atoms with Gasteiger partial charge in [-0.15, -0.1) is 0 Å². The van der Waals surface area contributed by atoms with Crippen molar-refractivity contribution in [2.75, 3.05) is 18.4 Å². The molecule has 1 aliphatic rings. The molecule has 3 aromatic rings. The van der Waals surface area contributed by atoms with Crippen LogP contribution in [-0.4, -0.2) is 48.8 Å². The molecule has 1 N–H and O–H groups in total. The second-order valence-corrected chi connectivity index (χ2v) is 7.33. The average molecular weight is 389 g/mol. The number of aromatic nitrogens is 5. The van der Waals surface area contributed by atoms with Crippen LogP contribution in [0.4, 0.5) is 11.8 Å². The lowest BCUT2D eigenvalue weighted by Gasteiger charge is -2.16. The molecule has 4 rings (SSSR count). The van der Waals surface area contributed by atoms with Crippen molar-refractivity contribution in [1.82, 2.24) is 29.8 Å². The summed E-state index contributed by atoms with van der Waals surface area (Å²) >= 11 is 0. The third-order valence-corrected chi connectivity index (χ3v) is 4.84. The van der Waals surface area contributed by atoms with Gasteiger partial charge in [0, 0.05) is 54.5 Å². The first-order chi connectivity index (χ1) is 14.0.